The standard InChI is InChI=1S/C15H17N3O2S2/c1-4-19-10-6-7-11(20-5-2)13-12(10)17-14(18-13)22-15-16-8-9(3)21-15/h6-8H,4-5H2,1-3H3,(H,17,18). The third-order valence-corrected chi connectivity index (χ3v) is 4.81. The second kappa shape index (κ2) is 6.58. The molecule has 1 aromatic carbocycles. The van der Waals surface area contributed by atoms with Crippen LogP contribution in [0, 0.1) is 6.92 Å². The molecule has 0 bridgehead atoms. The van der Waals surface area contributed by atoms with Crippen LogP contribution >= 0.6 is 23.1 Å². The molecule has 0 atom stereocenters. The molecule has 0 aliphatic rings. The zero-order chi connectivity index (χ0) is 15.5. The maximum atomic E-state index is 5.67. The lowest BCUT2D eigenvalue weighted by molar-refractivity contribution is 0.336. The Hall–Kier alpha value is -1.73. The van der Waals surface area contributed by atoms with Crippen molar-refractivity contribution in [2.45, 2.75) is 30.3 Å². The van der Waals surface area contributed by atoms with Crippen LogP contribution in [0.3, 0.4) is 0 Å². The van der Waals surface area contributed by atoms with Gasteiger partial charge in [0.15, 0.2) is 9.50 Å². The molecule has 22 heavy (non-hydrogen) atoms. The van der Waals surface area contributed by atoms with Crippen molar-refractivity contribution in [1.29, 1.82) is 0 Å². The minimum atomic E-state index is 0.601. The van der Waals surface area contributed by atoms with Crippen molar-refractivity contribution in [3.63, 3.8) is 0 Å². The van der Waals surface area contributed by atoms with Crippen LogP contribution in [-0.2, 0) is 0 Å². The van der Waals surface area contributed by atoms with E-state index in [4.69, 9.17) is 9.47 Å². The van der Waals surface area contributed by atoms with E-state index in [1.807, 2.05) is 39.1 Å². The van der Waals surface area contributed by atoms with Gasteiger partial charge >= 0.3 is 0 Å². The van der Waals surface area contributed by atoms with E-state index in [-0.39, 0.29) is 0 Å². The van der Waals surface area contributed by atoms with Gasteiger partial charge in [-0.05, 0) is 44.7 Å². The number of thiazole rings is 1. The molecule has 1 N–H and O–H groups in total. The van der Waals surface area contributed by atoms with Gasteiger partial charge in [0.1, 0.15) is 22.5 Å². The largest absolute Gasteiger partial charge is 0.492 e. The fraction of sp³-hybridized carbons (Fsp3) is 0.333. The predicted octanol–water partition coefficient (Wildman–Crippen LogP) is 4.28. The molecule has 0 fully saturated rings. The maximum absolute atomic E-state index is 5.67. The number of aromatic nitrogens is 3. The number of ether oxygens (including phenoxy) is 2. The molecule has 3 aromatic rings. The summed E-state index contributed by atoms with van der Waals surface area (Å²) in [6, 6.07) is 3.82. The minimum absolute atomic E-state index is 0.601. The Morgan fingerprint density at radius 3 is 2.59 bits per heavy atom. The predicted molar refractivity (Wildman–Crippen MR) is 89.4 cm³/mol. The molecular formula is C15H17N3O2S2. The zero-order valence-corrected chi connectivity index (χ0v) is 14.3. The van der Waals surface area contributed by atoms with Gasteiger partial charge in [0.25, 0.3) is 0 Å². The molecule has 0 saturated carbocycles. The van der Waals surface area contributed by atoms with Crippen molar-refractivity contribution in [3.05, 3.63) is 23.2 Å². The van der Waals surface area contributed by atoms with Crippen molar-refractivity contribution >= 4 is 34.1 Å². The monoisotopic (exact) mass is 335 g/mol. The van der Waals surface area contributed by atoms with Gasteiger partial charge in [-0.3, -0.25) is 0 Å². The number of H-pyrrole nitrogens is 1. The highest BCUT2D eigenvalue weighted by molar-refractivity contribution is 8.00. The average Bonchev–Trinajstić information content (AvgIpc) is 3.09. The smallest absolute Gasteiger partial charge is 0.173 e. The molecule has 7 heteroatoms. The third-order valence-electron chi connectivity index (χ3n) is 2.93. The molecule has 0 aliphatic heterocycles. The number of hydrogen-bond acceptors (Lipinski definition) is 6. The molecule has 5 nitrogen and oxygen atoms in total. The second-order valence-corrected chi connectivity index (χ2v) is 7.00. The Kier molecular flexibility index (Phi) is 4.54. The number of nitrogens with one attached hydrogen (secondary N) is 1. The lowest BCUT2D eigenvalue weighted by Gasteiger charge is -2.07. The third kappa shape index (κ3) is 3.05. The second-order valence-electron chi connectivity index (χ2n) is 4.53. The topological polar surface area (TPSA) is 60.0 Å². The summed E-state index contributed by atoms with van der Waals surface area (Å²) >= 11 is 3.17. The number of benzene rings is 1. The van der Waals surface area contributed by atoms with Gasteiger partial charge in [-0.25, -0.2) is 9.97 Å². The fourth-order valence-corrected chi connectivity index (χ4v) is 3.93. The Morgan fingerprint density at radius 1 is 1.18 bits per heavy atom. The van der Waals surface area contributed by atoms with E-state index in [0.717, 1.165) is 32.0 Å². The highest BCUT2D eigenvalue weighted by Crippen LogP contribution is 2.36. The molecule has 0 amide bonds. The summed E-state index contributed by atoms with van der Waals surface area (Å²) in [4.78, 5) is 13.5. The number of rotatable bonds is 6. The lowest BCUT2D eigenvalue weighted by atomic mass is 10.2. The van der Waals surface area contributed by atoms with Gasteiger partial charge < -0.3 is 14.5 Å². The number of fused-ring (bicyclic) bond motifs is 1. The molecule has 0 spiro atoms. The van der Waals surface area contributed by atoms with E-state index in [0.29, 0.717) is 13.2 Å². The molecule has 0 unspecified atom stereocenters. The van der Waals surface area contributed by atoms with E-state index in [1.54, 1.807) is 11.3 Å². The Morgan fingerprint density at radius 2 is 1.91 bits per heavy atom. The van der Waals surface area contributed by atoms with E-state index < -0.39 is 0 Å². The van der Waals surface area contributed by atoms with Gasteiger partial charge in [-0.15, -0.1) is 11.3 Å². The lowest BCUT2D eigenvalue weighted by Crippen LogP contribution is -1.95. The van der Waals surface area contributed by atoms with E-state index in [9.17, 15) is 0 Å². The minimum Gasteiger partial charge on any atom is -0.492 e. The van der Waals surface area contributed by atoms with Crippen molar-refractivity contribution in [3.8, 4) is 11.5 Å². The van der Waals surface area contributed by atoms with Crippen LogP contribution in [0.2, 0.25) is 0 Å². The Bertz CT molecular complexity index is 739. The number of hydrogen-bond donors (Lipinski definition) is 1. The first-order valence-electron chi connectivity index (χ1n) is 7.09. The summed E-state index contributed by atoms with van der Waals surface area (Å²) in [7, 11) is 0. The highest BCUT2D eigenvalue weighted by Gasteiger charge is 2.15. The normalized spacial score (nSPS) is 11.0. The number of aryl methyl sites for hydroxylation is 1. The summed E-state index contributed by atoms with van der Waals surface area (Å²) in [5, 5.41) is 0.789. The van der Waals surface area contributed by atoms with E-state index in [2.05, 4.69) is 15.0 Å². The van der Waals surface area contributed by atoms with Crippen molar-refractivity contribution in [2.24, 2.45) is 0 Å². The molecule has 0 saturated heterocycles. The van der Waals surface area contributed by atoms with E-state index >= 15 is 0 Å². The van der Waals surface area contributed by atoms with Gasteiger partial charge in [-0.1, -0.05) is 0 Å². The molecule has 2 aromatic heterocycles. The summed E-state index contributed by atoms with van der Waals surface area (Å²) in [5.41, 5.74) is 1.66. The van der Waals surface area contributed by atoms with Gasteiger partial charge in [0, 0.05) is 11.1 Å². The molecule has 3 rings (SSSR count). The van der Waals surface area contributed by atoms with Crippen molar-refractivity contribution < 1.29 is 9.47 Å². The highest BCUT2D eigenvalue weighted by atomic mass is 32.2. The molecular weight excluding hydrogens is 318 g/mol. The van der Waals surface area contributed by atoms with Crippen LogP contribution in [0.15, 0.2) is 27.8 Å². The molecule has 0 radical (unpaired) electrons. The van der Waals surface area contributed by atoms with Crippen LogP contribution in [0.1, 0.15) is 18.7 Å². The first-order chi connectivity index (χ1) is 10.7. The summed E-state index contributed by atoms with van der Waals surface area (Å²) in [5.74, 6) is 1.55. The molecule has 2 heterocycles. The Labute approximate surface area is 137 Å². The van der Waals surface area contributed by atoms with Gasteiger partial charge in [0.2, 0.25) is 0 Å². The first kappa shape index (κ1) is 15.2. The quantitative estimate of drug-likeness (QED) is 0.728. The van der Waals surface area contributed by atoms with Crippen LogP contribution in [0.4, 0.5) is 0 Å². The molecule has 0 aliphatic carbocycles. The van der Waals surface area contributed by atoms with Crippen LogP contribution in [-0.4, -0.2) is 28.2 Å². The van der Waals surface area contributed by atoms with Crippen molar-refractivity contribution in [1.82, 2.24) is 15.0 Å². The number of imidazole rings is 1. The van der Waals surface area contributed by atoms with Crippen LogP contribution < -0.4 is 9.47 Å². The SMILES string of the molecule is CCOc1ccc(OCC)c2[nH]c(Sc3ncc(C)s3)nc12. The summed E-state index contributed by atoms with van der Waals surface area (Å²) in [6.07, 6.45) is 1.87. The number of aromatic amines is 1. The van der Waals surface area contributed by atoms with E-state index in [1.165, 1.54) is 16.6 Å². The maximum Gasteiger partial charge on any atom is 0.173 e. The van der Waals surface area contributed by atoms with Crippen molar-refractivity contribution in [2.75, 3.05) is 13.2 Å². The summed E-state index contributed by atoms with van der Waals surface area (Å²) in [6.45, 7) is 7.18. The van der Waals surface area contributed by atoms with Gasteiger partial charge in [-0.2, -0.15) is 0 Å². The van der Waals surface area contributed by atoms with Crippen LogP contribution in [0.5, 0.6) is 11.5 Å². The van der Waals surface area contributed by atoms with Gasteiger partial charge in [0.05, 0.1) is 13.2 Å². The molecule has 116 valence electrons. The first-order valence-corrected chi connectivity index (χ1v) is 8.73. The zero-order valence-electron chi connectivity index (χ0n) is 12.7. The van der Waals surface area contributed by atoms with Crippen LogP contribution in [0.25, 0.3) is 11.0 Å². The average molecular weight is 335 g/mol. The number of nitrogens with zero attached hydrogens (tertiary/aromatic N) is 2. The fourth-order valence-electron chi connectivity index (χ4n) is 2.08. The summed E-state index contributed by atoms with van der Waals surface area (Å²) < 4.78 is 12.3. The Balaban J connectivity index is 2.01.